The number of nitrogens with one attached hydrogen (secondary N) is 2. The lowest BCUT2D eigenvalue weighted by molar-refractivity contribution is -0.116. The van der Waals surface area contributed by atoms with Crippen molar-refractivity contribution in [3.63, 3.8) is 0 Å². The lowest BCUT2D eigenvalue weighted by Gasteiger charge is -2.24. The van der Waals surface area contributed by atoms with E-state index in [1.807, 2.05) is 30.3 Å². The summed E-state index contributed by atoms with van der Waals surface area (Å²) in [5, 5.41) is 16.5. The summed E-state index contributed by atoms with van der Waals surface area (Å²) in [7, 11) is -4.89. The lowest BCUT2D eigenvalue weighted by atomic mass is 9.98. The highest BCUT2D eigenvalue weighted by Crippen LogP contribution is 2.33. The molecular weight excluding hydrogens is 830 g/mol. The van der Waals surface area contributed by atoms with Gasteiger partial charge in [-0.25, -0.2) is 27.1 Å². The fourth-order valence-electron chi connectivity index (χ4n) is 6.31. The zero-order valence-electron chi connectivity index (χ0n) is 33.0. The second-order valence-corrected chi connectivity index (χ2v) is 17.6. The molecular formula is C43H46ClN5O9S2. The van der Waals surface area contributed by atoms with E-state index in [-0.39, 0.29) is 57.7 Å². The van der Waals surface area contributed by atoms with Crippen LogP contribution in [0.25, 0.3) is 0 Å². The van der Waals surface area contributed by atoms with Crippen molar-refractivity contribution in [2.24, 2.45) is 10.3 Å². The number of nitrogens with zero attached hydrogens (tertiary/aromatic N) is 1. The standard InChI is InChI=1S/C23H22ClN3O5S.C20H24N2O4S/c1-27(2)23(29)19-9-4-3-6-15(19)12-22(28)26-17-10-11-20(21(14-17)33(25,30)31)32-18-8-5-7-16(24)13-18;21-27(24,25)19-14-16(22-20(23)13-15-7-3-1-4-8-15)11-12-18(19)26-17-9-5-2-6-10-17/h3-11,13-14H,12H2,1-2H3,(H,26,28)(H2,25,30,31);1,3-4,7-8,11-12,14,17H,2,5-6,9-10,13H2,(H,22,23)(H2,21,24,25). The van der Waals surface area contributed by atoms with E-state index in [0.717, 1.165) is 31.2 Å². The van der Waals surface area contributed by atoms with Crippen LogP contribution in [0.5, 0.6) is 17.2 Å². The third-order valence-electron chi connectivity index (χ3n) is 9.15. The van der Waals surface area contributed by atoms with E-state index in [1.165, 1.54) is 41.7 Å². The van der Waals surface area contributed by atoms with Gasteiger partial charge in [0.25, 0.3) is 5.91 Å². The first-order chi connectivity index (χ1) is 28.5. The highest BCUT2D eigenvalue weighted by atomic mass is 35.5. The van der Waals surface area contributed by atoms with Crippen LogP contribution >= 0.6 is 11.6 Å². The smallest absolute Gasteiger partial charge is 0.253 e. The van der Waals surface area contributed by atoms with Crippen molar-refractivity contribution >= 4 is 60.7 Å². The Hall–Kier alpha value is -5.78. The fraction of sp³-hybridized carbons (Fsp3) is 0.233. The molecule has 0 saturated heterocycles. The summed E-state index contributed by atoms with van der Waals surface area (Å²) in [6.45, 7) is 0. The molecule has 0 aliphatic heterocycles. The largest absolute Gasteiger partial charge is 0.489 e. The molecule has 0 heterocycles. The molecule has 6 rings (SSSR count). The number of amides is 3. The van der Waals surface area contributed by atoms with E-state index in [2.05, 4.69) is 10.6 Å². The number of carbonyl (C=O) groups is 3. The molecule has 14 nitrogen and oxygen atoms in total. The molecule has 0 spiro atoms. The molecule has 6 N–H and O–H groups in total. The molecule has 1 aliphatic carbocycles. The summed E-state index contributed by atoms with van der Waals surface area (Å²) >= 11 is 5.94. The molecule has 17 heteroatoms. The first-order valence-electron chi connectivity index (χ1n) is 18.8. The van der Waals surface area contributed by atoms with E-state index in [0.29, 0.717) is 27.6 Å². The highest BCUT2D eigenvalue weighted by molar-refractivity contribution is 7.89. The maximum Gasteiger partial charge on any atom is 0.253 e. The molecule has 1 fully saturated rings. The predicted octanol–water partition coefficient (Wildman–Crippen LogP) is 6.89. The summed E-state index contributed by atoms with van der Waals surface area (Å²) in [6, 6.07) is 31.2. The second-order valence-electron chi connectivity index (χ2n) is 14.1. The maximum atomic E-state index is 12.6. The van der Waals surface area contributed by atoms with Gasteiger partial charge < -0.3 is 25.0 Å². The van der Waals surface area contributed by atoms with Gasteiger partial charge in [-0.15, -0.1) is 0 Å². The van der Waals surface area contributed by atoms with Crippen LogP contribution in [0.1, 0.15) is 53.6 Å². The number of ether oxygens (including phenoxy) is 2. The van der Waals surface area contributed by atoms with Crippen molar-refractivity contribution in [1.29, 1.82) is 0 Å². The van der Waals surface area contributed by atoms with Gasteiger partial charge in [-0.2, -0.15) is 0 Å². The van der Waals surface area contributed by atoms with Gasteiger partial charge in [-0.05, 0) is 97.5 Å². The Kier molecular flexibility index (Phi) is 15.5. The molecule has 0 aromatic heterocycles. The third-order valence-corrected chi connectivity index (χ3v) is 11.2. The predicted molar refractivity (Wildman–Crippen MR) is 230 cm³/mol. The van der Waals surface area contributed by atoms with E-state index in [1.54, 1.807) is 68.7 Å². The lowest BCUT2D eigenvalue weighted by Crippen LogP contribution is -2.24. The Morgan fingerprint density at radius 2 is 1.25 bits per heavy atom. The van der Waals surface area contributed by atoms with E-state index in [4.69, 9.17) is 31.4 Å². The Morgan fingerprint density at radius 1 is 0.683 bits per heavy atom. The minimum Gasteiger partial charge on any atom is -0.489 e. The van der Waals surface area contributed by atoms with Crippen LogP contribution < -0.4 is 30.4 Å². The van der Waals surface area contributed by atoms with Crippen LogP contribution in [0.2, 0.25) is 5.02 Å². The molecule has 3 amide bonds. The number of nitrogens with two attached hydrogens (primary N) is 2. The average Bonchev–Trinajstić information content (AvgIpc) is 3.19. The van der Waals surface area contributed by atoms with Crippen LogP contribution in [-0.2, 0) is 42.5 Å². The van der Waals surface area contributed by atoms with Gasteiger partial charge in [0.15, 0.2) is 0 Å². The number of benzene rings is 5. The minimum atomic E-state index is -4.17. The fourth-order valence-corrected chi connectivity index (χ4v) is 7.86. The molecule has 60 heavy (non-hydrogen) atoms. The van der Waals surface area contributed by atoms with Gasteiger partial charge in [0, 0.05) is 36.1 Å². The first-order valence-corrected chi connectivity index (χ1v) is 22.3. The third kappa shape index (κ3) is 13.4. The van der Waals surface area contributed by atoms with Crippen molar-refractivity contribution < 1.29 is 40.7 Å². The molecule has 1 saturated carbocycles. The monoisotopic (exact) mass is 875 g/mol. The topological polar surface area (TPSA) is 217 Å². The first kappa shape index (κ1) is 45.3. The van der Waals surface area contributed by atoms with Crippen molar-refractivity contribution in [3.05, 3.63) is 137 Å². The molecule has 1 aliphatic rings. The van der Waals surface area contributed by atoms with Gasteiger partial charge in [-0.3, -0.25) is 14.4 Å². The molecule has 0 atom stereocenters. The SMILES string of the molecule is CN(C)C(=O)c1ccccc1CC(=O)Nc1ccc(Oc2cccc(Cl)c2)c(S(N)(=O)=O)c1.NS(=O)(=O)c1cc(NC(=O)Cc2ccccc2)ccc1OC1CCCCC1. The van der Waals surface area contributed by atoms with Crippen LogP contribution in [-0.4, -0.2) is 59.7 Å². The van der Waals surface area contributed by atoms with Crippen LogP contribution in [0.4, 0.5) is 11.4 Å². The normalized spacial score (nSPS) is 12.9. The summed E-state index contributed by atoms with van der Waals surface area (Å²) in [4.78, 5) is 38.2. The van der Waals surface area contributed by atoms with Gasteiger partial charge in [0.05, 0.1) is 18.9 Å². The zero-order valence-corrected chi connectivity index (χ0v) is 35.4. The number of hydrogen-bond acceptors (Lipinski definition) is 9. The van der Waals surface area contributed by atoms with Crippen molar-refractivity contribution in [2.45, 2.75) is 60.8 Å². The number of sulfonamides is 2. The molecule has 0 unspecified atom stereocenters. The quantitative estimate of drug-likeness (QED) is 0.0967. The molecule has 316 valence electrons. The van der Waals surface area contributed by atoms with E-state index in [9.17, 15) is 31.2 Å². The zero-order chi connectivity index (χ0) is 43.5. The van der Waals surface area contributed by atoms with Crippen molar-refractivity contribution in [2.75, 3.05) is 24.7 Å². The van der Waals surface area contributed by atoms with E-state index < -0.39 is 26.0 Å². The van der Waals surface area contributed by atoms with Crippen LogP contribution in [0.15, 0.2) is 125 Å². The van der Waals surface area contributed by atoms with Crippen molar-refractivity contribution in [1.82, 2.24) is 4.90 Å². The summed E-state index contributed by atoms with van der Waals surface area (Å²) < 4.78 is 59.8. The van der Waals surface area contributed by atoms with Gasteiger partial charge in [0.1, 0.15) is 27.0 Å². The Morgan fingerprint density at radius 3 is 1.85 bits per heavy atom. The number of primary sulfonamides is 2. The molecule has 5 aromatic carbocycles. The number of carbonyl (C=O) groups excluding carboxylic acids is 3. The summed E-state index contributed by atoms with van der Waals surface area (Å²) in [5.41, 5.74) is 2.41. The average molecular weight is 876 g/mol. The maximum absolute atomic E-state index is 12.6. The van der Waals surface area contributed by atoms with Crippen molar-refractivity contribution in [3.8, 4) is 17.2 Å². The Balaban J connectivity index is 0.000000232. The molecule has 0 radical (unpaired) electrons. The number of rotatable bonds is 13. The van der Waals surface area contributed by atoms with Gasteiger partial charge in [0.2, 0.25) is 31.9 Å². The summed E-state index contributed by atoms with van der Waals surface area (Å²) in [6.07, 6.45) is 5.24. The van der Waals surface area contributed by atoms with Gasteiger partial charge >= 0.3 is 0 Å². The molecule has 0 bridgehead atoms. The Bertz CT molecular complexity index is 2550. The minimum absolute atomic E-state index is 0.00206. The van der Waals surface area contributed by atoms with Crippen LogP contribution in [0, 0.1) is 0 Å². The number of halogens is 1. The highest BCUT2D eigenvalue weighted by Gasteiger charge is 2.23. The summed E-state index contributed by atoms with van der Waals surface area (Å²) in [5.74, 6) is -0.339. The van der Waals surface area contributed by atoms with Gasteiger partial charge in [-0.1, -0.05) is 72.6 Å². The number of hydrogen-bond donors (Lipinski definition) is 4. The second kappa shape index (κ2) is 20.5. The van der Waals surface area contributed by atoms with Crippen LogP contribution in [0.3, 0.4) is 0 Å². The Labute approximate surface area is 354 Å². The molecule has 5 aromatic rings. The number of anilines is 2. The van der Waals surface area contributed by atoms with E-state index >= 15 is 0 Å².